The minimum atomic E-state index is 0.638. The minimum absolute atomic E-state index is 0.638. The van der Waals surface area contributed by atoms with Crippen LogP contribution in [0.2, 0.25) is 0 Å². The van der Waals surface area contributed by atoms with Gasteiger partial charge in [-0.05, 0) is 29.5 Å². The van der Waals surface area contributed by atoms with Gasteiger partial charge >= 0.3 is 0 Å². The van der Waals surface area contributed by atoms with Crippen molar-refractivity contribution in [1.82, 2.24) is 9.97 Å². The van der Waals surface area contributed by atoms with Gasteiger partial charge in [-0.15, -0.1) is 6.42 Å². The van der Waals surface area contributed by atoms with Gasteiger partial charge in [-0.2, -0.15) is 0 Å². The molecule has 1 aromatic rings. The molecule has 2 aliphatic rings. The van der Waals surface area contributed by atoms with E-state index in [-0.39, 0.29) is 0 Å². The number of benzene rings is 1. The maximum absolute atomic E-state index is 5.12. The van der Waals surface area contributed by atoms with Gasteiger partial charge in [0, 0.05) is 6.20 Å². The van der Waals surface area contributed by atoms with Crippen LogP contribution in [0.3, 0.4) is 0 Å². The highest BCUT2D eigenvalue weighted by molar-refractivity contribution is 7.98. The van der Waals surface area contributed by atoms with Gasteiger partial charge < -0.3 is 0 Å². The van der Waals surface area contributed by atoms with Crippen LogP contribution < -0.4 is 0 Å². The molecule has 1 aromatic heterocycles. The first-order valence-electron chi connectivity index (χ1n) is 4.77. The first kappa shape index (κ1) is 10.7. The number of thioether (sulfide) groups is 1. The summed E-state index contributed by atoms with van der Waals surface area (Å²) < 4.78 is 0. The molecule has 0 bridgehead atoms. The van der Waals surface area contributed by atoms with E-state index in [2.05, 4.69) is 40.2 Å². The van der Waals surface area contributed by atoms with Crippen molar-refractivity contribution in [3.63, 3.8) is 0 Å². The van der Waals surface area contributed by atoms with Crippen LogP contribution in [0.5, 0.6) is 0 Å². The fourth-order valence-electron chi connectivity index (χ4n) is 1.20. The van der Waals surface area contributed by atoms with Gasteiger partial charge in [0.2, 0.25) is 0 Å². The van der Waals surface area contributed by atoms with Crippen LogP contribution in [0.15, 0.2) is 41.7 Å². The summed E-state index contributed by atoms with van der Waals surface area (Å²) in [5.41, 5.74) is 3.49. The first-order valence-corrected chi connectivity index (χ1v) is 6.00. The molecule has 0 saturated carbocycles. The molecule has 1 heterocycles. The Morgan fingerprint density at radius 3 is 2.44 bits per heavy atom. The number of fused-ring (bicyclic) bond motifs is 1. The zero-order valence-corrected chi connectivity index (χ0v) is 9.66. The highest BCUT2D eigenvalue weighted by Gasteiger charge is 2.06. The summed E-state index contributed by atoms with van der Waals surface area (Å²) >= 11 is 1.48. The lowest BCUT2D eigenvalue weighted by molar-refractivity contribution is 0.958. The lowest BCUT2D eigenvalue weighted by Gasteiger charge is -1.92. The van der Waals surface area contributed by atoms with E-state index in [0.717, 1.165) is 5.16 Å². The molecule has 0 aromatic carbocycles. The number of aromatic nitrogens is 2. The van der Waals surface area contributed by atoms with E-state index >= 15 is 0 Å². The molecular formula is C13H10N2S. The van der Waals surface area contributed by atoms with Crippen molar-refractivity contribution >= 4 is 11.8 Å². The third-order valence-electron chi connectivity index (χ3n) is 2.08. The predicted octanol–water partition coefficient (Wildman–Crippen LogP) is 2.85. The lowest BCUT2D eigenvalue weighted by Crippen LogP contribution is -1.87. The molecule has 2 nitrogen and oxygen atoms in total. The van der Waals surface area contributed by atoms with E-state index < -0.39 is 0 Å². The maximum atomic E-state index is 5.12. The molecule has 0 N–H and O–H groups in total. The average molecular weight is 226 g/mol. The zero-order valence-electron chi connectivity index (χ0n) is 8.84. The molecule has 2 aliphatic carbocycles. The van der Waals surface area contributed by atoms with E-state index in [9.17, 15) is 0 Å². The summed E-state index contributed by atoms with van der Waals surface area (Å²) in [5.74, 6) is 2.44. The number of terminal acetylenes is 1. The molecule has 0 saturated heterocycles. The van der Waals surface area contributed by atoms with Gasteiger partial charge in [-0.1, -0.05) is 35.9 Å². The van der Waals surface area contributed by atoms with Crippen molar-refractivity contribution in [2.45, 2.75) is 5.16 Å². The Balaban J connectivity index is 0.000000134. The van der Waals surface area contributed by atoms with Gasteiger partial charge in [0.25, 0.3) is 0 Å². The van der Waals surface area contributed by atoms with Crippen molar-refractivity contribution in [3.05, 3.63) is 42.2 Å². The minimum Gasteiger partial charge on any atom is -0.231 e. The number of nitrogens with zero attached hydrogens (tertiary/aromatic N) is 2. The van der Waals surface area contributed by atoms with Crippen LogP contribution >= 0.6 is 11.8 Å². The molecule has 0 amide bonds. The normalized spacial score (nSPS) is 9.75. The third kappa shape index (κ3) is 2.62. The molecule has 0 fully saturated rings. The van der Waals surface area contributed by atoms with Crippen molar-refractivity contribution in [2.24, 2.45) is 0 Å². The molecule has 78 valence electrons. The summed E-state index contributed by atoms with van der Waals surface area (Å²) in [7, 11) is 0. The highest BCUT2D eigenvalue weighted by Crippen LogP contribution is 2.32. The van der Waals surface area contributed by atoms with E-state index in [1.54, 1.807) is 12.3 Å². The van der Waals surface area contributed by atoms with Crippen molar-refractivity contribution in [3.8, 4) is 23.5 Å². The Morgan fingerprint density at radius 2 is 2.00 bits per heavy atom. The summed E-state index contributed by atoms with van der Waals surface area (Å²) in [4.78, 5) is 7.99. The van der Waals surface area contributed by atoms with E-state index in [1.807, 2.05) is 6.26 Å². The van der Waals surface area contributed by atoms with Gasteiger partial charge in [0.05, 0.1) is 0 Å². The fourth-order valence-corrected chi connectivity index (χ4v) is 1.55. The number of hydrogen-bond acceptors (Lipinski definition) is 3. The summed E-state index contributed by atoms with van der Waals surface area (Å²) in [6.07, 6.45) is 8.70. The second-order valence-electron chi connectivity index (χ2n) is 3.15. The van der Waals surface area contributed by atoms with Crippen molar-refractivity contribution in [2.75, 3.05) is 6.26 Å². The van der Waals surface area contributed by atoms with Crippen LogP contribution in [0.1, 0.15) is 5.69 Å². The second-order valence-corrected chi connectivity index (χ2v) is 3.93. The van der Waals surface area contributed by atoms with E-state index in [0.29, 0.717) is 5.69 Å². The molecule has 16 heavy (non-hydrogen) atoms. The van der Waals surface area contributed by atoms with Crippen LogP contribution in [0, 0.1) is 12.3 Å². The highest BCUT2D eigenvalue weighted by atomic mass is 32.2. The van der Waals surface area contributed by atoms with E-state index in [4.69, 9.17) is 6.42 Å². The van der Waals surface area contributed by atoms with Crippen LogP contribution in [-0.4, -0.2) is 16.2 Å². The Hall–Kier alpha value is -1.79. The number of hydrogen-bond donors (Lipinski definition) is 0. The van der Waals surface area contributed by atoms with Gasteiger partial charge in [0.1, 0.15) is 5.69 Å². The predicted molar refractivity (Wildman–Crippen MR) is 67.2 cm³/mol. The Labute approximate surface area is 99.1 Å². The zero-order chi connectivity index (χ0) is 11.4. The van der Waals surface area contributed by atoms with Crippen molar-refractivity contribution < 1.29 is 0 Å². The van der Waals surface area contributed by atoms with Gasteiger partial charge in [0.15, 0.2) is 5.16 Å². The maximum Gasteiger partial charge on any atom is 0.188 e. The largest absolute Gasteiger partial charge is 0.231 e. The van der Waals surface area contributed by atoms with Crippen LogP contribution in [0.25, 0.3) is 11.1 Å². The SMILES string of the molecule is C#Cc1ccnc(SC)n1.c1cc2cc-2c1. The molecule has 3 rings (SSSR count). The first-order chi connectivity index (χ1) is 7.83. The average Bonchev–Trinajstić information content (AvgIpc) is 2.97. The van der Waals surface area contributed by atoms with Crippen molar-refractivity contribution in [1.29, 1.82) is 0 Å². The summed E-state index contributed by atoms with van der Waals surface area (Å²) in [5, 5.41) is 0.718. The fraction of sp³-hybridized carbons (Fsp3) is 0.0769. The number of rotatable bonds is 1. The molecule has 0 unspecified atom stereocenters. The summed E-state index contributed by atoms with van der Waals surface area (Å²) in [6.45, 7) is 0. The Kier molecular flexibility index (Phi) is 3.23. The third-order valence-corrected chi connectivity index (χ3v) is 2.64. The molecule has 0 radical (unpaired) electrons. The summed E-state index contributed by atoms with van der Waals surface area (Å²) in [6, 6.07) is 10.2. The van der Waals surface area contributed by atoms with Crippen LogP contribution in [0.4, 0.5) is 0 Å². The smallest absolute Gasteiger partial charge is 0.188 e. The topological polar surface area (TPSA) is 25.8 Å². The molecular weight excluding hydrogens is 216 g/mol. The quantitative estimate of drug-likeness (QED) is 0.362. The lowest BCUT2D eigenvalue weighted by atomic mass is 10.4. The Morgan fingerprint density at radius 1 is 1.25 bits per heavy atom. The molecule has 0 spiro atoms. The van der Waals surface area contributed by atoms with Gasteiger partial charge in [-0.3, -0.25) is 0 Å². The monoisotopic (exact) mass is 226 g/mol. The molecule has 0 aliphatic heterocycles. The molecule has 3 heteroatoms. The standard InChI is InChI=1S/C7H6N2S.C6H4/c1-3-6-4-5-8-7(9-6)10-2;1-2-5-4-6(5)3-1/h1,4-5H,2H3;1-4H. The van der Waals surface area contributed by atoms with E-state index in [1.165, 1.54) is 22.9 Å². The Bertz CT molecular complexity index is 526. The molecule has 0 atom stereocenters. The van der Waals surface area contributed by atoms with Gasteiger partial charge in [-0.25, -0.2) is 9.97 Å². The van der Waals surface area contributed by atoms with Crippen LogP contribution in [-0.2, 0) is 0 Å². The second kappa shape index (κ2) is 4.82.